The molecular formula is C24H25FN4O2. The molecule has 6 nitrogen and oxygen atoms in total. The summed E-state index contributed by atoms with van der Waals surface area (Å²) in [5.74, 6) is -0.240. The van der Waals surface area contributed by atoms with Gasteiger partial charge in [0.1, 0.15) is 5.82 Å². The third-order valence-electron chi connectivity index (χ3n) is 5.77. The second-order valence-electron chi connectivity index (χ2n) is 7.82. The Labute approximate surface area is 180 Å². The predicted octanol–water partition coefficient (Wildman–Crippen LogP) is 3.27. The number of amides is 1. The number of hydrogen-bond donors (Lipinski definition) is 0. The smallest absolute Gasteiger partial charge is 0.254 e. The normalized spacial score (nSPS) is 14.6. The van der Waals surface area contributed by atoms with Crippen LogP contribution in [0.1, 0.15) is 32.1 Å². The van der Waals surface area contributed by atoms with Crippen LogP contribution in [0.4, 0.5) is 4.39 Å². The topological polar surface area (TPSA) is 58.4 Å². The van der Waals surface area contributed by atoms with Crippen molar-refractivity contribution in [2.45, 2.75) is 13.8 Å². The van der Waals surface area contributed by atoms with E-state index in [1.165, 1.54) is 12.1 Å². The first-order valence-electron chi connectivity index (χ1n) is 10.3. The number of hydrogen-bond acceptors (Lipinski definition) is 4. The van der Waals surface area contributed by atoms with E-state index >= 15 is 0 Å². The van der Waals surface area contributed by atoms with Gasteiger partial charge in [-0.2, -0.15) is 0 Å². The maximum Gasteiger partial charge on any atom is 0.254 e. The highest BCUT2D eigenvalue weighted by molar-refractivity contribution is 5.99. The van der Waals surface area contributed by atoms with Crippen LogP contribution in [-0.4, -0.2) is 63.8 Å². The van der Waals surface area contributed by atoms with Crippen LogP contribution >= 0.6 is 0 Å². The van der Waals surface area contributed by atoms with E-state index in [0.29, 0.717) is 43.9 Å². The highest BCUT2D eigenvalue weighted by Gasteiger charge is 2.25. The molecule has 31 heavy (non-hydrogen) atoms. The monoisotopic (exact) mass is 420 g/mol. The van der Waals surface area contributed by atoms with Crippen molar-refractivity contribution in [1.82, 2.24) is 19.4 Å². The minimum Gasteiger partial charge on any atom is -0.336 e. The van der Waals surface area contributed by atoms with Gasteiger partial charge < -0.3 is 9.47 Å². The second kappa shape index (κ2) is 8.81. The Hall–Kier alpha value is -3.32. The van der Waals surface area contributed by atoms with E-state index in [1.54, 1.807) is 36.7 Å². The van der Waals surface area contributed by atoms with Gasteiger partial charge >= 0.3 is 0 Å². The van der Waals surface area contributed by atoms with Crippen molar-refractivity contribution >= 4 is 11.7 Å². The molecule has 0 bridgehead atoms. The number of rotatable bonds is 5. The van der Waals surface area contributed by atoms with Crippen molar-refractivity contribution < 1.29 is 14.0 Å². The fourth-order valence-corrected chi connectivity index (χ4v) is 4.11. The van der Waals surface area contributed by atoms with Gasteiger partial charge in [0.25, 0.3) is 5.91 Å². The summed E-state index contributed by atoms with van der Waals surface area (Å²) in [7, 11) is 0. The van der Waals surface area contributed by atoms with Crippen LogP contribution in [0, 0.1) is 19.7 Å². The molecule has 1 aromatic carbocycles. The summed E-state index contributed by atoms with van der Waals surface area (Å²) >= 11 is 0. The van der Waals surface area contributed by atoms with Crippen molar-refractivity contribution in [3.63, 3.8) is 0 Å². The number of ketones is 1. The lowest BCUT2D eigenvalue weighted by molar-refractivity contribution is 0.0624. The zero-order valence-corrected chi connectivity index (χ0v) is 17.7. The largest absolute Gasteiger partial charge is 0.336 e. The van der Waals surface area contributed by atoms with Gasteiger partial charge in [-0.1, -0.05) is 0 Å². The maximum absolute atomic E-state index is 13.3. The van der Waals surface area contributed by atoms with E-state index in [-0.39, 0.29) is 17.5 Å². The van der Waals surface area contributed by atoms with Crippen molar-refractivity contribution in [2.24, 2.45) is 0 Å². The quantitative estimate of drug-likeness (QED) is 0.595. The van der Waals surface area contributed by atoms with Gasteiger partial charge in [-0.3, -0.25) is 19.5 Å². The van der Waals surface area contributed by atoms with Crippen molar-refractivity contribution in [1.29, 1.82) is 0 Å². The third-order valence-corrected chi connectivity index (χ3v) is 5.77. The molecule has 2 aromatic heterocycles. The van der Waals surface area contributed by atoms with Crippen LogP contribution in [0.3, 0.4) is 0 Å². The number of halogens is 1. The molecule has 0 radical (unpaired) electrons. The second-order valence-corrected chi connectivity index (χ2v) is 7.82. The molecule has 0 atom stereocenters. The summed E-state index contributed by atoms with van der Waals surface area (Å²) in [5.41, 5.74) is 3.92. The number of carbonyl (C=O) groups excluding carboxylic acids is 2. The molecule has 0 aliphatic carbocycles. The molecule has 3 heterocycles. The minimum atomic E-state index is -0.288. The molecule has 4 rings (SSSR count). The first-order valence-corrected chi connectivity index (χ1v) is 10.3. The molecule has 7 heteroatoms. The third kappa shape index (κ3) is 4.41. The summed E-state index contributed by atoms with van der Waals surface area (Å²) < 4.78 is 15.2. The predicted molar refractivity (Wildman–Crippen MR) is 116 cm³/mol. The number of Topliss-reactive ketones (excluding diaryl/α,β-unsaturated/α-hetero) is 1. The molecule has 0 saturated carbocycles. The number of piperazine rings is 1. The van der Waals surface area contributed by atoms with Gasteiger partial charge in [-0.25, -0.2) is 4.39 Å². The molecule has 0 N–H and O–H groups in total. The Balaban J connectivity index is 1.40. The van der Waals surface area contributed by atoms with Crippen LogP contribution in [0.15, 0.2) is 54.9 Å². The average Bonchev–Trinajstić information content (AvgIpc) is 3.09. The molecule has 1 aliphatic rings. The van der Waals surface area contributed by atoms with E-state index in [9.17, 15) is 14.0 Å². The first kappa shape index (κ1) is 20.9. The van der Waals surface area contributed by atoms with Crippen LogP contribution in [0.25, 0.3) is 5.69 Å². The molecular weight excluding hydrogens is 395 g/mol. The first-order chi connectivity index (χ1) is 14.9. The number of aryl methyl sites for hydroxylation is 1. The zero-order chi connectivity index (χ0) is 22.0. The Kier molecular flexibility index (Phi) is 5.95. The molecule has 0 spiro atoms. The number of nitrogens with zero attached hydrogens (tertiary/aromatic N) is 4. The number of benzene rings is 1. The van der Waals surface area contributed by atoms with Crippen molar-refractivity contribution in [2.75, 3.05) is 32.7 Å². The molecule has 3 aromatic rings. The summed E-state index contributed by atoms with van der Waals surface area (Å²) in [4.78, 5) is 33.4. The average molecular weight is 420 g/mol. The minimum absolute atomic E-state index is 0.00350. The van der Waals surface area contributed by atoms with Gasteiger partial charge in [0, 0.05) is 66.8 Å². The summed E-state index contributed by atoms with van der Waals surface area (Å²) in [6.45, 7) is 6.64. The lowest BCUT2D eigenvalue weighted by Crippen LogP contribution is -2.49. The van der Waals surface area contributed by atoms with Gasteiger partial charge in [0.05, 0.1) is 6.54 Å². The van der Waals surface area contributed by atoms with Gasteiger partial charge in [-0.05, 0) is 56.3 Å². The van der Waals surface area contributed by atoms with Crippen molar-refractivity contribution in [3.8, 4) is 5.69 Å². The van der Waals surface area contributed by atoms with E-state index in [0.717, 1.165) is 17.1 Å². The SMILES string of the molecule is Cc1cc(C(=O)CN2CCN(C(=O)c3ccncc3)CC2)c(C)n1-c1ccc(F)cc1. The van der Waals surface area contributed by atoms with Crippen LogP contribution in [-0.2, 0) is 0 Å². The zero-order valence-electron chi connectivity index (χ0n) is 17.7. The lowest BCUT2D eigenvalue weighted by Gasteiger charge is -2.34. The van der Waals surface area contributed by atoms with Gasteiger partial charge in [0.15, 0.2) is 5.78 Å². The summed E-state index contributed by atoms with van der Waals surface area (Å²) in [6, 6.07) is 11.6. The van der Waals surface area contributed by atoms with Crippen LogP contribution < -0.4 is 0 Å². The number of pyridine rings is 1. The Morgan fingerprint density at radius 2 is 1.61 bits per heavy atom. The number of aromatic nitrogens is 2. The molecule has 0 unspecified atom stereocenters. The lowest BCUT2D eigenvalue weighted by atomic mass is 10.1. The van der Waals surface area contributed by atoms with Crippen LogP contribution in [0.2, 0.25) is 0 Å². The van der Waals surface area contributed by atoms with E-state index in [2.05, 4.69) is 9.88 Å². The molecule has 1 saturated heterocycles. The molecule has 1 fully saturated rings. The summed E-state index contributed by atoms with van der Waals surface area (Å²) in [5, 5.41) is 0. The maximum atomic E-state index is 13.3. The standard InChI is InChI=1S/C24H25FN4O2/c1-17-15-22(18(2)29(17)21-5-3-20(25)4-6-21)23(30)16-27-11-13-28(14-12-27)24(31)19-7-9-26-10-8-19/h3-10,15H,11-14,16H2,1-2H3. The van der Waals surface area contributed by atoms with Crippen molar-refractivity contribution in [3.05, 3.63) is 83.2 Å². The van der Waals surface area contributed by atoms with Gasteiger partial charge in [-0.15, -0.1) is 0 Å². The Bertz CT molecular complexity index is 1080. The fraction of sp³-hybridized carbons (Fsp3) is 0.292. The molecule has 1 aliphatic heterocycles. The summed E-state index contributed by atoms with van der Waals surface area (Å²) in [6.07, 6.45) is 3.23. The molecule has 1 amide bonds. The van der Waals surface area contributed by atoms with E-state index < -0.39 is 0 Å². The van der Waals surface area contributed by atoms with E-state index in [1.807, 2.05) is 29.4 Å². The Morgan fingerprint density at radius 3 is 2.26 bits per heavy atom. The Morgan fingerprint density at radius 1 is 0.968 bits per heavy atom. The van der Waals surface area contributed by atoms with Gasteiger partial charge in [0.2, 0.25) is 0 Å². The highest BCUT2D eigenvalue weighted by Crippen LogP contribution is 2.22. The highest BCUT2D eigenvalue weighted by atomic mass is 19.1. The number of carbonyl (C=O) groups is 2. The molecule has 160 valence electrons. The van der Waals surface area contributed by atoms with E-state index in [4.69, 9.17) is 0 Å². The van der Waals surface area contributed by atoms with Crippen LogP contribution in [0.5, 0.6) is 0 Å². The fourth-order valence-electron chi connectivity index (χ4n) is 4.11.